The number of allylic oxidation sites excluding steroid dienone is 2. The lowest BCUT2D eigenvalue weighted by atomic mass is 9.82. The van der Waals surface area contributed by atoms with Crippen LogP contribution in [0.15, 0.2) is 36.4 Å². The molecular formula is C14H14FNO3. The number of hydrogen-bond donors (Lipinski definition) is 2. The van der Waals surface area contributed by atoms with E-state index in [0.717, 1.165) is 0 Å². The third-order valence-corrected chi connectivity index (χ3v) is 3.20. The molecule has 19 heavy (non-hydrogen) atoms. The van der Waals surface area contributed by atoms with Gasteiger partial charge in [0.1, 0.15) is 5.82 Å². The Bertz CT molecular complexity index is 510. The highest BCUT2D eigenvalue weighted by molar-refractivity contribution is 5.95. The number of rotatable bonds is 3. The fraction of sp³-hybridized carbons (Fsp3) is 0.286. The molecule has 2 unspecified atom stereocenters. The van der Waals surface area contributed by atoms with Gasteiger partial charge in [0.25, 0.3) is 0 Å². The van der Waals surface area contributed by atoms with Crippen molar-refractivity contribution in [1.82, 2.24) is 0 Å². The molecule has 100 valence electrons. The van der Waals surface area contributed by atoms with E-state index in [0.29, 0.717) is 18.5 Å². The largest absolute Gasteiger partial charge is 0.481 e. The molecule has 5 heteroatoms. The molecule has 1 aliphatic rings. The molecule has 0 radical (unpaired) electrons. The maximum Gasteiger partial charge on any atom is 0.307 e. The molecule has 2 atom stereocenters. The minimum absolute atomic E-state index is 0.344. The first kappa shape index (κ1) is 13.3. The fourth-order valence-electron chi connectivity index (χ4n) is 2.15. The summed E-state index contributed by atoms with van der Waals surface area (Å²) >= 11 is 0. The van der Waals surface area contributed by atoms with Crippen LogP contribution in [0.4, 0.5) is 10.1 Å². The highest BCUT2D eigenvalue weighted by Crippen LogP contribution is 2.27. The van der Waals surface area contributed by atoms with Gasteiger partial charge in [-0.2, -0.15) is 0 Å². The highest BCUT2D eigenvalue weighted by Gasteiger charge is 2.33. The first-order valence-electron chi connectivity index (χ1n) is 6.02. The lowest BCUT2D eigenvalue weighted by Gasteiger charge is -2.24. The molecule has 2 N–H and O–H groups in total. The van der Waals surface area contributed by atoms with Crippen molar-refractivity contribution in [3.05, 3.63) is 42.2 Å². The van der Waals surface area contributed by atoms with Gasteiger partial charge < -0.3 is 10.4 Å². The van der Waals surface area contributed by atoms with E-state index in [1.807, 2.05) is 6.08 Å². The highest BCUT2D eigenvalue weighted by atomic mass is 19.1. The molecule has 1 aromatic rings. The van der Waals surface area contributed by atoms with Gasteiger partial charge in [0.05, 0.1) is 11.8 Å². The summed E-state index contributed by atoms with van der Waals surface area (Å²) in [4.78, 5) is 23.2. The third kappa shape index (κ3) is 3.19. The third-order valence-electron chi connectivity index (χ3n) is 3.20. The van der Waals surface area contributed by atoms with Gasteiger partial charge in [-0.1, -0.05) is 12.2 Å². The van der Waals surface area contributed by atoms with E-state index in [-0.39, 0.29) is 11.7 Å². The Hall–Kier alpha value is -2.17. The van der Waals surface area contributed by atoms with Crippen LogP contribution in [-0.4, -0.2) is 17.0 Å². The van der Waals surface area contributed by atoms with Crippen molar-refractivity contribution < 1.29 is 19.1 Å². The van der Waals surface area contributed by atoms with Crippen molar-refractivity contribution in [1.29, 1.82) is 0 Å². The maximum absolute atomic E-state index is 12.7. The number of carbonyl (C=O) groups is 2. The van der Waals surface area contributed by atoms with E-state index in [9.17, 15) is 14.0 Å². The predicted molar refractivity (Wildman–Crippen MR) is 68.0 cm³/mol. The van der Waals surface area contributed by atoms with Crippen molar-refractivity contribution >= 4 is 17.6 Å². The number of carboxylic acid groups (broad SMARTS) is 1. The predicted octanol–water partition coefficient (Wildman–Crippen LogP) is 2.43. The van der Waals surface area contributed by atoms with Gasteiger partial charge in [0, 0.05) is 5.69 Å². The monoisotopic (exact) mass is 263 g/mol. The van der Waals surface area contributed by atoms with Crippen LogP contribution in [0.2, 0.25) is 0 Å². The Kier molecular flexibility index (Phi) is 3.94. The number of nitrogens with one attached hydrogen (secondary N) is 1. The van der Waals surface area contributed by atoms with E-state index in [1.165, 1.54) is 24.3 Å². The molecule has 0 heterocycles. The summed E-state index contributed by atoms with van der Waals surface area (Å²) in [7, 11) is 0. The van der Waals surface area contributed by atoms with Crippen molar-refractivity contribution in [3.8, 4) is 0 Å². The van der Waals surface area contributed by atoms with Gasteiger partial charge in [-0.3, -0.25) is 9.59 Å². The zero-order valence-corrected chi connectivity index (χ0v) is 10.2. The topological polar surface area (TPSA) is 66.4 Å². The van der Waals surface area contributed by atoms with Crippen molar-refractivity contribution in [2.24, 2.45) is 11.8 Å². The Morgan fingerprint density at radius 3 is 2.26 bits per heavy atom. The van der Waals surface area contributed by atoms with E-state index < -0.39 is 17.8 Å². The second kappa shape index (κ2) is 5.65. The van der Waals surface area contributed by atoms with Crippen LogP contribution in [0.25, 0.3) is 0 Å². The van der Waals surface area contributed by atoms with E-state index in [1.54, 1.807) is 6.08 Å². The molecule has 0 saturated heterocycles. The molecule has 0 aromatic heterocycles. The van der Waals surface area contributed by atoms with Gasteiger partial charge in [-0.05, 0) is 37.1 Å². The summed E-state index contributed by atoms with van der Waals surface area (Å²) in [5.41, 5.74) is 0.463. The standard InChI is InChI=1S/C14H14FNO3/c15-9-5-7-10(8-6-9)16-13(17)11-3-1-2-4-12(11)14(18)19/h1-2,5-8,11-12H,3-4H2,(H,16,17)(H,18,19). The average molecular weight is 263 g/mol. The van der Waals surface area contributed by atoms with E-state index in [4.69, 9.17) is 5.11 Å². The number of benzene rings is 1. The van der Waals surface area contributed by atoms with Crippen LogP contribution < -0.4 is 5.32 Å². The van der Waals surface area contributed by atoms with Crippen LogP contribution in [0.5, 0.6) is 0 Å². The van der Waals surface area contributed by atoms with Crippen LogP contribution in [0.3, 0.4) is 0 Å². The number of halogens is 1. The van der Waals surface area contributed by atoms with Gasteiger partial charge >= 0.3 is 5.97 Å². The lowest BCUT2D eigenvalue weighted by molar-refractivity contribution is -0.146. The van der Waals surface area contributed by atoms with Gasteiger partial charge in [0.15, 0.2) is 0 Å². The summed E-state index contributed by atoms with van der Waals surface area (Å²) in [6.45, 7) is 0. The fourth-order valence-corrected chi connectivity index (χ4v) is 2.15. The molecule has 1 aliphatic carbocycles. The maximum atomic E-state index is 12.7. The summed E-state index contributed by atoms with van der Waals surface area (Å²) in [5, 5.41) is 11.7. The molecule has 1 amide bonds. The Morgan fingerprint density at radius 1 is 1.11 bits per heavy atom. The zero-order chi connectivity index (χ0) is 13.8. The Balaban J connectivity index is 2.08. The van der Waals surface area contributed by atoms with Crippen molar-refractivity contribution in [3.63, 3.8) is 0 Å². The molecule has 0 spiro atoms. The minimum Gasteiger partial charge on any atom is -0.481 e. The van der Waals surface area contributed by atoms with E-state index >= 15 is 0 Å². The number of anilines is 1. The summed E-state index contributed by atoms with van der Waals surface area (Å²) in [6, 6.07) is 5.37. The van der Waals surface area contributed by atoms with Crippen molar-refractivity contribution in [2.45, 2.75) is 12.8 Å². The lowest BCUT2D eigenvalue weighted by Crippen LogP contribution is -2.34. The molecule has 0 saturated carbocycles. The molecule has 0 aliphatic heterocycles. The first-order chi connectivity index (χ1) is 9.08. The molecule has 1 aromatic carbocycles. The Morgan fingerprint density at radius 2 is 1.68 bits per heavy atom. The van der Waals surface area contributed by atoms with Gasteiger partial charge in [0.2, 0.25) is 5.91 Å². The summed E-state index contributed by atoms with van der Waals surface area (Å²) in [5.74, 6) is -2.99. The Labute approximate surface area is 109 Å². The number of amides is 1. The first-order valence-corrected chi connectivity index (χ1v) is 6.02. The SMILES string of the molecule is O=C(O)C1CC=CCC1C(=O)Nc1ccc(F)cc1. The van der Waals surface area contributed by atoms with Gasteiger partial charge in [-0.25, -0.2) is 4.39 Å². The molecule has 0 bridgehead atoms. The second-order valence-corrected chi connectivity index (χ2v) is 4.49. The quantitative estimate of drug-likeness (QED) is 0.823. The normalized spacial score (nSPS) is 21.9. The molecule has 4 nitrogen and oxygen atoms in total. The number of carbonyl (C=O) groups excluding carboxylic acids is 1. The second-order valence-electron chi connectivity index (χ2n) is 4.49. The van der Waals surface area contributed by atoms with Gasteiger partial charge in [-0.15, -0.1) is 0 Å². The van der Waals surface area contributed by atoms with Crippen LogP contribution >= 0.6 is 0 Å². The van der Waals surface area contributed by atoms with Crippen LogP contribution in [0, 0.1) is 17.7 Å². The number of hydrogen-bond acceptors (Lipinski definition) is 2. The summed E-state index contributed by atoms with van der Waals surface area (Å²) < 4.78 is 12.7. The molecule has 0 fully saturated rings. The number of aliphatic carboxylic acids is 1. The molecule has 2 rings (SSSR count). The zero-order valence-electron chi connectivity index (χ0n) is 10.2. The van der Waals surface area contributed by atoms with Crippen LogP contribution in [-0.2, 0) is 9.59 Å². The molecular weight excluding hydrogens is 249 g/mol. The number of carboxylic acids is 1. The van der Waals surface area contributed by atoms with Crippen molar-refractivity contribution in [2.75, 3.05) is 5.32 Å². The average Bonchev–Trinajstić information content (AvgIpc) is 2.41. The summed E-state index contributed by atoms with van der Waals surface area (Å²) in [6.07, 6.45) is 4.36. The van der Waals surface area contributed by atoms with E-state index in [2.05, 4.69) is 5.32 Å². The minimum atomic E-state index is -0.969. The smallest absolute Gasteiger partial charge is 0.307 e. The van der Waals surface area contributed by atoms with Crippen LogP contribution in [0.1, 0.15) is 12.8 Å².